The van der Waals surface area contributed by atoms with Crippen molar-refractivity contribution >= 4 is 17.2 Å². The first-order chi connectivity index (χ1) is 13.7. The zero-order chi connectivity index (χ0) is 19.3. The van der Waals surface area contributed by atoms with Crippen molar-refractivity contribution in [3.8, 4) is 11.4 Å². The number of piperazine rings is 1. The van der Waals surface area contributed by atoms with Crippen LogP contribution in [-0.2, 0) is 17.8 Å². The molecular weight excluding hydrogens is 372 g/mol. The molecule has 6 nitrogen and oxygen atoms in total. The minimum atomic E-state index is 0.241. The lowest BCUT2D eigenvalue weighted by Gasteiger charge is -2.34. The molecule has 0 radical (unpaired) electrons. The van der Waals surface area contributed by atoms with Gasteiger partial charge in [-0.1, -0.05) is 35.0 Å². The summed E-state index contributed by atoms with van der Waals surface area (Å²) < 4.78 is 5.42. The van der Waals surface area contributed by atoms with Crippen molar-refractivity contribution in [2.24, 2.45) is 0 Å². The second-order valence-corrected chi connectivity index (χ2v) is 7.95. The first-order valence-electron chi connectivity index (χ1n) is 9.58. The van der Waals surface area contributed by atoms with Gasteiger partial charge in [0.15, 0.2) is 0 Å². The molecule has 0 spiro atoms. The number of thiophene rings is 1. The smallest absolute Gasteiger partial charge is 0.241 e. The van der Waals surface area contributed by atoms with Crippen LogP contribution in [0, 0.1) is 6.92 Å². The number of nitrogens with zero attached hydrogens (tertiary/aromatic N) is 4. The molecule has 7 heteroatoms. The molecule has 3 aromatic rings. The predicted molar refractivity (Wildman–Crippen MR) is 109 cm³/mol. The molecule has 0 unspecified atom stereocenters. The summed E-state index contributed by atoms with van der Waals surface area (Å²) in [6, 6.07) is 10.2. The van der Waals surface area contributed by atoms with E-state index in [0.29, 0.717) is 24.7 Å². The third-order valence-corrected chi connectivity index (χ3v) is 5.80. The molecule has 146 valence electrons. The van der Waals surface area contributed by atoms with Gasteiger partial charge in [0, 0.05) is 38.2 Å². The standard InChI is InChI=1S/C21H24N4O2S/c1-16-2-5-18(6-3-16)21-22-19(27-23-21)14-24-9-11-25(12-10-24)20(26)7-4-17-8-13-28-15-17/h2-3,5-6,8,13,15H,4,7,9-12,14H2,1H3. The van der Waals surface area contributed by atoms with Crippen LogP contribution in [0.25, 0.3) is 11.4 Å². The van der Waals surface area contributed by atoms with Gasteiger partial charge in [-0.15, -0.1) is 0 Å². The molecule has 1 aromatic carbocycles. The number of benzene rings is 1. The number of aryl methyl sites for hydroxylation is 2. The van der Waals surface area contributed by atoms with E-state index in [1.165, 1.54) is 11.1 Å². The third kappa shape index (κ3) is 4.66. The Morgan fingerprint density at radius 2 is 1.93 bits per heavy atom. The van der Waals surface area contributed by atoms with Gasteiger partial charge in [0.05, 0.1) is 6.54 Å². The lowest BCUT2D eigenvalue weighted by molar-refractivity contribution is -0.133. The number of rotatable bonds is 6. The van der Waals surface area contributed by atoms with Crippen LogP contribution in [0.5, 0.6) is 0 Å². The summed E-state index contributed by atoms with van der Waals surface area (Å²) >= 11 is 1.68. The maximum atomic E-state index is 12.4. The lowest BCUT2D eigenvalue weighted by atomic mass is 10.1. The van der Waals surface area contributed by atoms with Crippen LogP contribution in [0.1, 0.15) is 23.4 Å². The largest absolute Gasteiger partial charge is 0.340 e. The Hall–Kier alpha value is -2.51. The van der Waals surface area contributed by atoms with Gasteiger partial charge < -0.3 is 9.42 Å². The Kier molecular flexibility index (Phi) is 5.83. The molecule has 2 aromatic heterocycles. The second-order valence-electron chi connectivity index (χ2n) is 7.17. The van der Waals surface area contributed by atoms with E-state index in [1.54, 1.807) is 11.3 Å². The number of hydrogen-bond acceptors (Lipinski definition) is 6. The van der Waals surface area contributed by atoms with E-state index in [2.05, 4.69) is 38.8 Å². The second kappa shape index (κ2) is 8.67. The summed E-state index contributed by atoms with van der Waals surface area (Å²) in [5.74, 6) is 1.48. The molecule has 3 heterocycles. The van der Waals surface area contributed by atoms with Crippen LogP contribution < -0.4 is 0 Å². The van der Waals surface area contributed by atoms with E-state index in [9.17, 15) is 4.79 Å². The number of hydrogen-bond donors (Lipinski definition) is 0. The van der Waals surface area contributed by atoms with Gasteiger partial charge >= 0.3 is 0 Å². The lowest BCUT2D eigenvalue weighted by Crippen LogP contribution is -2.48. The Morgan fingerprint density at radius 1 is 1.14 bits per heavy atom. The highest BCUT2D eigenvalue weighted by molar-refractivity contribution is 7.07. The highest BCUT2D eigenvalue weighted by atomic mass is 32.1. The minimum Gasteiger partial charge on any atom is -0.340 e. The molecule has 1 aliphatic heterocycles. The van der Waals surface area contributed by atoms with Gasteiger partial charge in [-0.05, 0) is 35.7 Å². The maximum Gasteiger partial charge on any atom is 0.241 e. The van der Waals surface area contributed by atoms with Crippen molar-refractivity contribution in [2.75, 3.05) is 26.2 Å². The number of amides is 1. The third-order valence-electron chi connectivity index (χ3n) is 5.07. The van der Waals surface area contributed by atoms with Crippen LogP contribution >= 0.6 is 11.3 Å². The first-order valence-corrected chi connectivity index (χ1v) is 10.5. The van der Waals surface area contributed by atoms with E-state index >= 15 is 0 Å². The molecule has 0 bridgehead atoms. The van der Waals surface area contributed by atoms with E-state index in [-0.39, 0.29) is 5.91 Å². The Balaban J connectivity index is 1.25. The van der Waals surface area contributed by atoms with Gasteiger partial charge in [0.25, 0.3) is 0 Å². The molecule has 1 saturated heterocycles. The Bertz CT molecular complexity index is 897. The van der Waals surface area contributed by atoms with E-state index in [1.807, 2.05) is 29.2 Å². The molecular formula is C21H24N4O2S. The zero-order valence-corrected chi connectivity index (χ0v) is 16.8. The first kappa shape index (κ1) is 18.8. The van der Waals surface area contributed by atoms with Gasteiger partial charge in [-0.25, -0.2) is 0 Å². The summed E-state index contributed by atoms with van der Waals surface area (Å²) in [5, 5.41) is 8.26. The fourth-order valence-electron chi connectivity index (χ4n) is 3.33. The zero-order valence-electron chi connectivity index (χ0n) is 16.0. The quantitative estimate of drug-likeness (QED) is 0.639. The predicted octanol–water partition coefficient (Wildman–Crippen LogP) is 3.38. The normalized spacial score (nSPS) is 15.1. The Labute approximate surface area is 168 Å². The number of carbonyl (C=O) groups excluding carboxylic acids is 1. The fraction of sp³-hybridized carbons (Fsp3) is 0.381. The van der Waals surface area contributed by atoms with Gasteiger partial charge in [0.2, 0.25) is 17.6 Å². The van der Waals surface area contributed by atoms with Gasteiger partial charge in [-0.3, -0.25) is 9.69 Å². The molecule has 0 atom stereocenters. The highest BCUT2D eigenvalue weighted by Gasteiger charge is 2.22. The minimum absolute atomic E-state index is 0.241. The molecule has 0 aliphatic carbocycles. The summed E-state index contributed by atoms with van der Waals surface area (Å²) in [6.45, 7) is 5.83. The summed E-state index contributed by atoms with van der Waals surface area (Å²) in [5.41, 5.74) is 3.41. The average Bonchev–Trinajstić information content (AvgIpc) is 3.39. The van der Waals surface area contributed by atoms with Crippen molar-refractivity contribution in [1.29, 1.82) is 0 Å². The number of aromatic nitrogens is 2. The molecule has 1 aliphatic rings. The van der Waals surface area contributed by atoms with Crippen LogP contribution in [0.15, 0.2) is 45.6 Å². The van der Waals surface area contributed by atoms with Crippen LogP contribution in [0.4, 0.5) is 0 Å². The molecule has 1 fully saturated rings. The van der Waals surface area contributed by atoms with E-state index in [0.717, 1.165) is 38.2 Å². The molecule has 4 rings (SSSR count). The van der Waals surface area contributed by atoms with Crippen molar-refractivity contribution in [1.82, 2.24) is 19.9 Å². The van der Waals surface area contributed by atoms with Crippen molar-refractivity contribution in [2.45, 2.75) is 26.3 Å². The van der Waals surface area contributed by atoms with Crippen LogP contribution in [0.2, 0.25) is 0 Å². The topological polar surface area (TPSA) is 62.5 Å². The summed E-state index contributed by atoms with van der Waals surface area (Å²) in [6.07, 6.45) is 1.41. The molecule has 0 saturated carbocycles. The molecule has 1 amide bonds. The summed E-state index contributed by atoms with van der Waals surface area (Å²) in [4.78, 5) is 21.2. The van der Waals surface area contributed by atoms with Crippen LogP contribution in [-0.4, -0.2) is 52.0 Å². The van der Waals surface area contributed by atoms with Gasteiger partial charge in [0.1, 0.15) is 0 Å². The molecule has 28 heavy (non-hydrogen) atoms. The average molecular weight is 397 g/mol. The summed E-state index contributed by atoms with van der Waals surface area (Å²) in [7, 11) is 0. The SMILES string of the molecule is Cc1ccc(-c2noc(CN3CCN(C(=O)CCc4ccsc4)CC3)n2)cc1. The van der Waals surface area contributed by atoms with E-state index < -0.39 is 0 Å². The monoisotopic (exact) mass is 396 g/mol. The number of carbonyl (C=O) groups is 1. The van der Waals surface area contributed by atoms with Crippen molar-refractivity contribution < 1.29 is 9.32 Å². The van der Waals surface area contributed by atoms with Crippen molar-refractivity contribution in [3.05, 3.63) is 58.1 Å². The maximum absolute atomic E-state index is 12.4. The van der Waals surface area contributed by atoms with Crippen LogP contribution in [0.3, 0.4) is 0 Å². The molecule has 0 N–H and O–H groups in total. The van der Waals surface area contributed by atoms with E-state index in [4.69, 9.17) is 4.52 Å². The highest BCUT2D eigenvalue weighted by Crippen LogP contribution is 2.17. The van der Waals surface area contributed by atoms with Crippen molar-refractivity contribution in [3.63, 3.8) is 0 Å². The van der Waals surface area contributed by atoms with Gasteiger partial charge in [-0.2, -0.15) is 16.3 Å². The Morgan fingerprint density at radius 3 is 2.64 bits per heavy atom. The fourth-order valence-corrected chi connectivity index (χ4v) is 4.03.